The highest BCUT2D eigenvalue weighted by Gasteiger charge is 2.25. The Morgan fingerprint density at radius 2 is 0.907 bits per heavy atom. The van der Waals surface area contributed by atoms with Crippen molar-refractivity contribution in [2.75, 3.05) is 64.3 Å². The molecule has 9 heterocycles. The second kappa shape index (κ2) is 30.2. The van der Waals surface area contributed by atoms with Crippen molar-refractivity contribution < 1.29 is 19.2 Å². The van der Waals surface area contributed by atoms with E-state index in [0.29, 0.717) is 49.2 Å². The number of carbonyl (C=O) groups is 4. The molecule has 5 aromatic heterocycles. The Labute approximate surface area is 448 Å². The molecule has 0 saturated carbocycles. The van der Waals surface area contributed by atoms with Gasteiger partial charge in [-0.05, 0) is 138 Å². The monoisotopic (exact) mass is 1040 g/mol. The number of pyridine rings is 3. The first-order valence-electron chi connectivity index (χ1n) is 27.0. The molecule has 0 spiro atoms. The smallest absolute Gasteiger partial charge is 0.228 e. The highest BCUT2D eigenvalue weighted by atomic mass is 32.2. The number of carbonyl (C=O) groups excluding carboxylic acids is 4. The summed E-state index contributed by atoms with van der Waals surface area (Å²) in [5.74, 6) is 4.53. The van der Waals surface area contributed by atoms with Crippen LogP contribution in [-0.2, 0) is 44.9 Å². The lowest BCUT2D eigenvalue weighted by molar-refractivity contribution is -0.117. The molecule has 3 atom stereocenters. The number of hydrogen-bond acceptors (Lipinski definition) is 14. The molecule has 0 bridgehead atoms. The first kappa shape index (κ1) is 57.9. The summed E-state index contributed by atoms with van der Waals surface area (Å²) < 4.78 is 0. The number of nitrogens with zero attached hydrogens (tertiary/aromatic N) is 11. The van der Waals surface area contributed by atoms with Crippen LogP contribution < -0.4 is 31.1 Å². The van der Waals surface area contributed by atoms with Gasteiger partial charge in [-0.15, -0.1) is 11.8 Å². The maximum absolute atomic E-state index is 11.8. The van der Waals surface area contributed by atoms with Gasteiger partial charge in [-0.25, -0.2) is 19.9 Å². The fraction of sp³-hybridized carbons (Fsp3) is 0.526. The molecule has 4 N–H and O–H groups in total. The van der Waals surface area contributed by atoms with Gasteiger partial charge in [0, 0.05) is 92.7 Å². The summed E-state index contributed by atoms with van der Waals surface area (Å²) in [6.45, 7) is 12.9. The van der Waals surface area contributed by atoms with E-state index in [2.05, 4.69) is 74.7 Å². The van der Waals surface area contributed by atoms with Crippen LogP contribution in [0, 0.1) is 17.8 Å². The van der Waals surface area contributed by atoms with Crippen LogP contribution in [0.5, 0.6) is 0 Å². The van der Waals surface area contributed by atoms with Gasteiger partial charge in [-0.1, -0.05) is 34.1 Å². The average molecular weight is 1040 g/mol. The lowest BCUT2D eigenvalue weighted by Crippen LogP contribution is -2.24. The lowest BCUT2D eigenvalue weighted by atomic mass is 9.98. The Morgan fingerprint density at radius 3 is 1.25 bits per heavy atom. The molecule has 4 fully saturated rings. The van der Waals surface area contributed by atoms with Crippen molar-refractivity contribution in [3.63, 3.8) is 0 Å². The minimum atomic E-state index is 0.110. The van der Waals surface area contributed by atoms with Gasteiger partial charge in [-0.2, -0.15) is 0 Å². The van der Waals surface area contributed by atoms with E-state index in [1.807, 2.05) is 76.2 Å². The summed E-state index contributed by atoms with van der Waals surface area (Å²) in [6, 6.07) is 12.2. The first-order chi connectivity index (χ1) is 36.3. The molecule has 3 unspecified atom stereocenters. The molecule has 0 radical (unpaired) electrons. The second-order valence-corrected chi connectivity index (χ2v) is 21.0. The van der Waals surface area contributed by atoms with Crippen molar-refractivity contribution in [2.24, 2.45) is 23.5 Å². The van der Waals surface area contributed by atoms with Crippen molar-refractivity contribution >= 4 is 64.1 Å². The van der Waals surface area contributed by atoms with E-state index in [0.717, 1.165) is 154 Å². The Hall–Kier alpha value is -6.40. The molecular formula is C57H79N13O4S. The van der Waals surface area contributed by atoms with Crippen LogP contribution in [0.3, 0.4) is 0 Å². The van der Waals surface area contributed by atoms with Gasteiger partial charge in [-0.3, -0.25) is 39.0 Å². The Bertz CT molecular complexity index is 2460. The van der Waals surface area contributed by atoms with Crippen LogP contribution in [0.1, 0.15) is 134 Å². The topological polar surface area (TPSA) is 224 Å². The van der Waals surface area contributed by atoms with Gasteiger partial charge in [0.15, 0.2) is 5.82 Å². The normalized spacial score (nSPS) is 16.5. The van der Waals surface area contributed by atoms with Crippen molar-refractivity contribution in [3.05, 3.63) is 103 Å². The molecule has 4 amide bonds. The van der Waals surface area contributed by atoms with Crippen LogP contribution in [0.4, 0.5) is 28.7 Å². The number of thioether (sulfide) groups is 1. The van der Waals surface area contributed by atoms with Crippen LogP contribution in [-0.4, -0.2) is 97.5 Å². The number of nitrogens with two attached hydrogens (primary N) is 2. The molecule has 5 aromatic rings. The van der Waals surface area contributed by atoms with Gasteiger partial charge >= 0.3 is 0 Å². The summed E-state index contributed by atoms with van der Waals surface area (Å²) in [5, 5.41) is 0. The zero-order valence-electron chi connectivity index (χ0n) is 44.9. The number of aryl methyl sites for hydroxylation is 4. The molecule has 17 nitrogen and oxygen atoms in total. The van der Waals surface area contributed by atoms with Crippen molar-refractivity contribution in [2.45, 2.75) is 142 Å². The molecule has 9 rings (SSSR count). The third-order valence-corrected chi connectivity index (χ3v) is 14.8. The lowest BCUT2D eigenvalue weighted by Gasteiger charge is -2.15. The zero-order valence-corrected chi connectivity index (χ0v) is 45.7. The molecule has 0 aromatic carbocycles. The fourth-order valence-corrected chi connectivity index (χ4v) is 9.22. The standard InChI is InChI=1S/C20H26N4OS.C15H22N2O.C14H21N3O.C8H10N4O/c1-15(6-10-19-22-13-18(26-2)14-23-19)5-7-16-8-9-17(12-21-16)24-11-3-4-20(24)25;1-3-12(2)6-7-13-8-9-14(11-16-13)17-10-4-5-15(17)18;1-11(9-15)4-5-12-6-7-13(10-16-12)17-8-2-3-14(17)18;9-6-4-11-7(5-10-6)12-3-1-2-8(12)13/h8-9,12-15H,3-7,10-11H2,1-2H3;8-9,11-12H,3-7,10H2,1-2H3;6-7,10-11H,2-5,8-9,15H2,1H3;4-5H,1-3H2,(H2,9,10). The molecule has 0 aliphatic carbocycles. The molecular weight excluding hydrogens is 963 g/mol. The van der Waals surface area contributed by atoms with Gasteiger partial charge in [0.2, 0.25) is 23.6 Å². The van der Waals surface area contributed by atoms with E-state index in [-0.39, 0.29) is 23.6 Å². The van der Waals surface area contributed by atoms with Gasteiger partial charge < -0.3 is 26.2 Å². The minimum absolute atomic E-state index is 0.110. The average Bonchev–Trinajstić information content (AvgIpc) is 4.29. The van der Waals surface area contributed by atoms with E-state index in [1.54, 1.807) is 16.7 Å². The highest BCUT2D eigenvalue weighted by Crippen LogP contribution is 2.25. The van der Waals surface area contributed by atoms with Gasteiger partial charge in [0.25, 0.3) is 0 Å². The maximum atomic E-state index is 11.8. The Balaban J connectivity index is 0.000000167. The summed E-state index contributed by atoms with van der Waals surface area (Å²) in [5.41, 5.74) is 17.1. The summed E-state index contributed by atoms with van der Waals surface area (Å²) in [7, 11) is 0. The fourth-order valence-electron chi connectivity index (χ4n) is 8.90. The zero-order chi connectivity index (χ0) is 53.5. The Kier molecular flexibility index (Phi) is 23.3. The van der Waals surface area contributed by atoms with E-state index in [9.17, 15) is 19.2 Å². The molecule has 4 saturated heterocycles. The van der Waals surface area contributed by atoms with Crippen molar-refractivity contribution in [1.82, 2.24) is 34.9 Å². The minimum Gasteiger partial charge on any atom is -0.382 e. The summed E-state index contributed by atoms with van der Waals surface area (Å²) in [4.78, 5) is 84.7. The third kappa shape index (κ3) is 18.4. The molecule has 18 heteroatoms. The SMILES string of the molecule is CC(CN)CCc1ccc(N2CCCC2=O)cn1.CCC(C)CCc1ccc(N2CCCC2=O)cn1.CSc1cnc(CCC(C)CCc2ccc(N3CCCC3=O)cn2)nc1.Nc1cnc(N2CCCC2=O)cn1. The quantitative estimate of drug-likeness (QED) is 0.0737. The summed E-state index contributed by atoms with van der Waals surface area (Å²) >= 11 is 1.66. The van der Waals surface area contributed by atoms with Crippen LogP contribution >= 0.6 is 11.8 Å². The van der Waals surface area contributed by atoms with Crippen LogP contribution in [0.25, 0.3) is 0 Å². The van der Waals surface area contributed by atoms with E-state index in [1.165, 1.54) is 25.2 Å². The van der Waals surface area contributed by atoms with Crippen LogP contribution in [0.2, 0.25) is 0 Å². The third-order valence-electron chi connectivity index (χ3n) is 14.1. The summed E-state index contributed by atoms with van der Waals surface area (Å²) in [6.07, 6.45) is 30.2. The number of nitrogen functional groups attached to an aromatic ring is 1. The highest BCUT2D eigenvalue weighted by molar-refractivity contribution is 7.98. The number of amides is 4. The number of aromatic nitrogens is 7. The molecule has 75 heavy (non-hydrogen) atoms. The number of anilines is 5. The van der Waals surface area contributed by atoms with E-state index >= 15 is 0 Å². The predicted octanol–water partition coefficient (Wildman–Crippen LogP) is 9.03. The maximum Gasteiger partial charge on any atom is 0.228 e. The van der Waals surface area contributed by atoms with E-state index < -0.39 is 0 Å². The Morgan fingerprint density at radius 1 is 0.493 bits per heavy atom. The number of rotatable bonds is 19. The first-order valence-corrected chi connectivity index (χ1v) is 28.2. The van der Waals surface area contributed by atoms with Gasteiger partial charge in [0.1, 0.15) is 11.6 Å². The largest absolute Gasteiger partial charge is 0.382 e. The van der Waals surface area contributed by atoms with Crippen molar-refractivity contribution in [1.29, 1.82) is 0 Å². The molecule has 402 valence electrons. The van der Waals surface area contributed by atoms with E-state index in [4.69, 9.17) is 11.5 Å². The van der Waals surface area contributed by atoms with Gasteiger partial charge in [0.05, 0.1) is 48.0 Å². The van der Waals surface area contributed by atoms with Crippen molar-refractivity contribution in [3.8, 4) is 0 Å². The molecule has 4 aliphatic rings. The predicted molar refractivity (Wildman–Crippen MR) is 299 cm³/mol. The second-order valence-electron chi connectivity index (χ2n) is 20.1. The van der Waals surface area contributed by atoms with Crippen LogP contribution in [0.15, 0.2) is 84.7 Å². The number of hydrogen-bond donors (Lipinski definition) is 2. The molecule has 4 aliphatic heterocycles.